The summed E-state index contributed by atoms with van der Waals surface area (Å²) >= 11 is 0. The second-order valence-corrected chi connectivity index (χ2v) is 6.31. The van der Waals surface area contributed by atoms with Gasteiger partial charge in [0.05, 0.1) is 5.92 Å². The normalized spacial score (nSPS) is 29.4. The lowest BCUT2D eigenvalue weighted by atomic mass is 9.89. The molecule has 3 heterocycles. The molecular weight excluding hydrogens is 302 g/mol. The van der Waals surface area contributed by atoms with Gasteiger partial charge in [-0.25, -0.2) is 0 Å². The van der Waals surface area contributed by atoms with E-state index in [-0.39, 0.29) is 36.6 Å². The summed E-state index contributed by atoms with van der Waals surface area (Å²) in [6.45, 7) is 3.68. The zero-order valence-corrected chi connectivity index (χ0v) is 13.1. The molecule has 3 atom stereocenters. The van der Waals surface area contributed by atoms with Crippen LogP contribution in [0, 0.1) is 11.8 Å². The molecule has 3 aliphatic rings. The number of hydrogen-bond donors (Lipinski definition) is 2. The molecule has 2 N–H and O–H groups in total. The van der Waals surface area contributed by atoms with Gasteiger partial charge in [0.2, 0.25) is 11.8 Å². The number of fused-ring (bicyclic) bond motifs is 2. The smallest absolute Gasteiger partial charge is 0.230 e. The Morgan fingerprint density at radius 3 is 2.55 bits per heavy atom. The highest BCUT2D eigenvalue weighted by molar-refractivity contribution is 6.01. The number of likely N-dealkylation sites (tertiary alicyclic amines) is 1. The van der Waals surface area contributed by atoms with Gasteiger partial charge >= 0.3 is 0 Å². The summed E-state index contributed by atoms with van der Waals surface area (Å²) in [6.07, 6.45) is 0.264. The molecule has 0 aromatic heterocycles. The van der Waals surface area contributed by atoms with Crippen molar-refractivity contribution in [2.75, 3.05) is 31.5 Å². The predicted molar refractivity (Wildman–Crippen MR) is 86.1 cm³/mol. The van der Waals surface area contributed by atoms with Crippen LogP contribution >= 0.6 is 12.4 Å². The van der Waals surface area contributed by atoms with Crippen LogP contribution in [0.5, 0.6) is 0 Å². The zero-order chi connectivity index (χ0) is 14.4. The summed E-state index contributed by atoms with van der Waals surface area (Å²) in [4.78, 5) is 26.7. The maximum atomic E-state index is 12.9. The first-order valence-electron chi connectivity index (χ1n) is 7.60. The van der Waals surface area contributed by atoms with Crippen LogP contribution in [0.25, 0.3) is 0 Å². The average molecular weight is 322 g/mol. The van der Waals surface area contributed by atoms with Crippen molar-refractivity contribution in [3.63, 3.8) is 0 Å². The van der Waals surface area contributed by atoms with Crippen molar-refractivity contribution in [2.45, 2.75) is 12.3 Å². The van der Waals surface area contributed by atoms with Gasteiger partial charge in [-0.1, -0.05) is 18.2 Å². The third-order valence-electron chi connectivity index (χ3n) is 5.00. The Hall–Kier alpha value is -1.59. The molecule has 2 saturated heterocycles. The SMILES string of the molecule is Cl.O=C1CC(C(=O)N2C[C@H]3CNC[C@H]3C2)c2ccccc2N1. The number of hydrogen-bond acceptors (Lipinski definition) is 3. The van der Waals surface area contributed by atoms with E-state index in [1.165, 1.54) is 0 Å². The number of anilines is 1. The van der Waals surface area contributed by atoms with Gasteiger partial charge in [0.25, 0.3) is 0 Å². The number of halogens is 1. The van der Waals surface area contributed by atoms with E-state index in [0.717, 1.165) is 37.4 Å². The van der Waals surface area contributed by atoms with Crippen LogP contribution < -0.4 is 10.6 Å². The molecule has 118 valence electrons. The van der Waals surface area contributed by atoms with Crippen molar-refractivity contribution in [2.24, 2.45) is 11.8 Å². The Bertz CT molecular complexity index is 595. The summed E-state index contributed by atoms with van der Waals surface area (Å²) in [6, 6.07) is 7.64. The largest absolute Gasteiger partial charge is 0.341 e. The summed E-state index contributed by atoms with van der Waals surface area (Å²) in [5.74, 6) is 0.907. The molecule has 1 unspecified atom stereocenters. The van der Waals surface area contributed by atoms with E-state index >= 15 is 0 Å². The van der Waals surface area contributed by atoms with Gasteiger partial charge in [-0.05, 0) is 23.5 Å². The lowest BCUT2D eigenvalue weighted by Gasteiger charge is -2.28. The minimum atomic E-state index is -0.318. The van der Waals surface area contributed by atoms with E-state index < -0.39 is 0 Å². The van der Waals surface area contributed by atoms with E-state index in [4.69, 9.17) is 0 Å². The minimum absolute atomic E-state index is 0. The molecule has 2 fully saturated rings. The zero-order valence-electron chi connectivity index (χ0n) is 12.2. The van der Waals surface area contributed by atoms with Gasteiger partial charge in [0, 0.05) is 38.3 Å². The Kier molecular flexibility index (Phi) is 4.10. The van der Waals surface area contributed by atoms with Crippen LogP contribution in [0.1, 0.15) is 17.9 Å². The lowest BCUT2D eigenvalue weighted by Crippen LogP contribution is -2.38. The van der Waals surface area contributed by atoms with Gasteiger partial charge in [-0.3, -0.25) is 9.59 Å². The molecule has 0 spiro atoms. The van der Waals surface area contributed by atoms with Crippen LogP contribution in [-0.4, -0.2) is 42.9 Å². The Labute approximate surface area is 135 Å². The Morgan fingerprint density at radius 2 is 1.82 bits per heavy atom. The van der Waals surface area contributed by atoms with Crippen molar-refractivity contribution in [1.29, 1.82) is 0 Å². The maximum absolute atomic E-state index is 12.9. The Morgan fingerprint density at radius 1 is 1.14 bits per heavy atom. The number of benzene rings is 1. The first kappa shape index (κ1) is 15.3. The van der Waals surface area contributed by atoms with Crippen molar-refractivity contribution < 1.29 is 9.59 Å². The molecule has 0 bridgehead atoms. The number of rotatable bonds is 1. The van der Waals surface area contributed by atoms with Crippen molar-refractivity contribution >= 4 is 29.9 Å². The topological polar surface area (TPSA) is 61.4 Å². The van der Waals surface area contributed by atoms with E-state index in [0.29, 0.717) is 11.8 Å². The van der Waals surface area contributed by atoms with Crippen molar-refractivity contribution in [3.05, 3.63) is 29.8 Å². The molecule has 3 aliphatic heterocycles. The summed E-state index contributed by atoms with van der Waals surface area (Å²) < 4.78 is 0. The molecular formula is C16H20ClN3O2. The third kappa shape index (κ3) is 2.48. The van der Waals surface area contributed by atoms with E-state index in [9.17, 15) is 9.59 Å². The molecule has 1 aromatic carbocycles. The molecule has 5 nitrogen and oxygen atoms in total. The summed E-state index contributed by atoms with van der Waals surface area (Å²) in [7, 11) is 0. The fourth-order valence-corrected chi connectivity index (χ4v) is 3.89. The van der Waals surface area contributed by atoms with E-state index in [1.54, 1.807) is 0 Å². The van der Waals surface area contributed by atoms with Gasteiger partial charge < -0.3 is 15.5 Å². The molecule has 0 saturated carbocycles. The van der Waals surface area contributed by atoms with Gasteiger partial charge in [0.15, 0.2) is 0 Å². The fraction of sp³-hybridized carbons (Fsp3) is 0.500. The van der Waals surface area contributed by atoms with Crippen LogP contribution in [0.4, 0.5) is 5.69 Å². The second-order valence-electron chi connectivity index (χ2n) is 6.31. The summed E-state index contributed by atoms with van der Waals surface area (Å²) in [5, 5.41) is 6.24. The Balaban J connectivity index is 0.00000144. The standard InChI is InChI=1S/C16H19N3O2.ClH/c20-15-5-13(12-3-1-2-4-14(12)18-15)16(21)19-8-10-6-17-7-11(10)9-19;/h1-4,10-11,13,17H,5-9H2,(H,18,20);1H/t10-,11+,13?;. The van der Waals surface area contributed by atoms with Crippen LogP contribution in [0.2, 0.25) is 0 Å². The molecule has 1 aromatic rings. The fourth-order valence-electron chi connectivity index (χ4n) is 3.89. The number of nitrogens with zero attached hydrogens (tertiary/aromatic N) is 1. The molecule has 22 heavy (non-hydrogen) atoms. The first-order valence-corrected chi connectivity index (χ1v) is 7.60. The second kappa shape index (κ2) is 5.89. The quantitative estimate of drug-likeness (QED) is 0.817. The molecule has 0 radical (unpaired) electrons. The highest BCUT2D eigenvalue weighted by atomic mass is 35.5. The van der Waals surface area contributed by atoms with E-state index in [1.807, 2.05) is 29.2 Å². The highest BCUT2D eigenvalue weighted by Crippen LogP contribution is 2.35. The maximum Gasteiger partial charge on any atom is 0.230 e. The predicted octanol–water partition coefficient (Wildman–Crippen LogP) is 1.21. The van der Waals surface area contributed by atoms with Crippen molar-refractivity contribution in [1.82, 2.24) is 10.2 Å². The van der Waals surface area contributed by atoms with Gasteiger partial charge in [-0.15, -0.1) is 12.4 Å². The minimum Gasteiger partial charge on any atom is -0.341 e. The molecule has 2 amide bonds. The van der Waals surface area contributed by atoms with Crippen LogP contribution in [0.15, 0.2) is 24.3 Å². The number of carbonyl (C=O) groups excluding carboxylic acids is 2. The number of para-hydroxylation sites is 1. The average Bonchev–Trinajstić information content (AvgIpc) is 3.06. The summed E-state index contributed by atoms with van der Waals surface area (Å²) in [5.41, 5.74) is 1.74. The number of carbonyl (C=O) groups is 2. The van der Waals surface area contributed by atoms with Gasteiger partial charge in [-0.2, -0.15) is 0 Å². The molecule has 0 aliphatic carbocycles. The molecule has 4 rings (SSSR count). The first-order chi connectivity index (χ1) is 10.2. The molecule has 6 heteroatoms. The monoisotopic (exact) mass is 321 g/mol. The number of nitrogens with one attached hydrogen (secondary N) is 2. The number of amides is 2. The van der Waals surface area contributed by atoms with Crippen LogP contribution in [0.3, 0.4) is 0 Å². The highest BCUT2D eigenvalue weighted by Gasteiger charge is 2.41. The van der Waals surface area contributed by atoms with E-state index in [2.05, 4.69) is 10.6 Å². The van der Waals surface area contributed by atoms with Crippen molar-refractivity contribution in [3.8, 4) is 0 Å². The van der Waals surface area contributed by atoms with Crippen LogP contribution in [-0.2, 0) is 9.59 Å². The van der Waals surface area contributed by atoms with Gasteiger partial charge in [0.1, 0.15) is 0 Å². The third-order valence-corrected chi connectivity index (χ3v) is 5.00. The lowest BCUT2D eigenvalue weighted by molar-refractivity contribution is -0.134.